The SMILES string of the molecule is CCS(=O)(=O)[C@H](C)C[C@@H](C)Oc1ncc(C(C)(C)N=[N+]=[N-])c2cc(Cl)ncc12. The molecule has 8 nitrogen and oxygen atoms in total. The molecule has 2 aromatic rings. The van der Waals surface area contributed by atoms with Crippen molar-refractivity contribution in [3.63, 3.8) is 0 Å². The summed E-state index contributed by atoms with van der Waals surface area (Å²) in [5.41, 5.74) is 8.70. The summed E-state index contributed by atoms with van der Waals surface area (Å²) in [6.07, 6.45) is 3.10. The summed E-state index contributed by atoms with van der Waals surface area (Å²) in [7, 11) is -3.14. The number of halogens is 1. The Labute approximate surface area is 169 Å². The summed E-state index contributed by atoms with van der Waals surface area (Å²) < 4.78 is 30.0. The molecule has 0 amide bonds. The quantitative estimate of drug-likeness (QED) is 0.260. The van der Waals surface area contributed by atoms with Gasteiger partial charge in [0.05, 0.1) is 22.3 Å². The molecule has 2 rings (SSSR count). The molecule has 0 radical (unpaired) electrons. The van der Waals surface area contributed by atoms with Crippen LogP contribution in [0.5, 0.6) is 5.88 Å². The van der Waals surface area contributed by atoms with Crippen LogP contribution in [0.3, 0.4) is 0 Å². The van der Waals surface area contributed by atoms with Crippen molar-refractivity contribution >= 4 is 32.2 Å². The van der Waals surface area contributed by atoms with Crippen LogP contribution in [0, 0.1) is 0 Å². The minimum absolute atomic E-state index is 0.0909. The first kappa shape index (κ1) is 22.2. The molecule has 0 saturated heterocycles. The third-order valence-electron chi connectivity index (χ3n) is 4.65. The van der Waals surface area contributed by atoms with Crippen LogP contribution >= 0.6 is 11.6 Å². The number of rotatable bonds is 8. The first-order chi connectivity index (χ1) is 13.0. The van der Waals surface area contributed by atoms with Crippen molar-refractivity contribution in [1.82, 2.24) is 9.97 Å². The first-order valence-corrected chi connectivity index (χ1v) is 11.0. The lowest BCUT2D eigenvalue weighted by atomic mass is 9.93. The van der Waals surface area contributed by atoms with Crippen molar-refractivity contribution in [2.24, 2.45) is 5.11 Å². The van der Waals surface area contributed by atoms with Crippen LogP contribution in [0.4, 0.5) is 0 Å². The summed E-state index contributed by atoms with van der Waals surface area (Å²) in [4.78, 5) is 11.4. The number of ether oxygens (including phenoxy) is 1. The van der Waals surface area contributed by atoms with Gasteiger partial charge < -0.3 is 4.74 Å². The molecule has 2 atom stereocenters. The Morgan fingerprint density at radius 1 is 1.29 bits per heavy atom. The van der Waals surface area contributed by atoms with E-state index in [-0.39, 0.29) is 11.9 Å². The number of sulfone groups is 1. The number of hydrogen-bond donors (Lipinski definition) is 0. The molecule has 10 heteroatoms. The van der Waals surface area contributed by atoms with Crippen molar-refractivity contribution in [2.45, 2.75) is 57.9 Å². The molecule has 152 valence electrons. The fourth-order valence-electron chi connectivity index (χ4n) is 2.97. The molecule has 0 fully saturated rings. The molecule has 0 unspecified atom stereocenters. The van der Waals surface area contributed by atoms with E-state index in [0.29, 0.717) is 33.8 Å². The second kappa shape index (κ2) is 8.51. The van der Waals surface area contributed by atoms with Crippen LogP contribution in [-0.4, -0.2) is 35.5 Å². The highest BCUT2D eigenvalue weighted by Crippen LogP contribution is 2.35. The van der Waals surface area contributed by atoms with Crippen molar-refractivity contribution in [3.8, 4) is 5.88 Å². The molecule has 0 N–H and O–H groups in total. The molecule has 28 heavy (non-hydrogen) atoms. The fraction of sp³-hybridized carbons (Fsp3) is 0.556. The Kier molecular flexibility index (Phi) is 6.75. The van der Waals surface area contributed by atoms with Gasteiger partial charge in [0.15, 0.2) is 9.84 Å². The van der Waals surface area contributed by atoms with Crippen LogP contribution in [0.25, 0.3) is 21.2 Å². The van der Waals surface area contributed by atoms with Crippen LogP contribution in [0.15, 0.2) is 23.6 Å². The van der Waals surface area contributed by atoms with E-state index in [4.69, 9.17) is 21.9 Å². The lowest BCUT2D eigenvalue weighted by Gasteiger charge is -2.23. The summed E-state index contributed by atoms with van der Waals surface area (Å²) in [5, 5.41) is 4.94. The monoisotopic (exact) mass is 425 g/mol. The number of nitrogens with zero attached hydrogens (tertiary/aromatic N) is 5. The van der Waals surface area contributed by atoms with Crippen LogP contribution < -0.4 is 4.74 Å². The predicted octanol–water partition coefficient (Wildman–Crippen LogP) is 4.81. The summed E-state index contributed by atoms with van der Waals surface area (Å²) in [6.45, 7) is 8.66. The average Bonchev–Trinajstić information content (AvgIpc) is 2.61. The fourth-order valence-corrected chi connectivity index (χ4v) is 4.26. The van der Waals surface area contributed by atoms with Crippen LogP contribution in [-0.2, 0) is 15.4 Å². The zero-order valence-corrected chi connectivity index (χ0v) is 18.1. The normalized spacial score (nSPS) is 14.4. The maximum Gasteiger partial charge on any atom is 0.223 e. The average molecular weight is 426 g/mol. The molecule has 2 heterocycles. The Morgan fingerprint density at radius 3 is 2.57 bits per heavy atom. The van der Waals surface area contributed by atoms with Gasteiger partial charge >= 0.3 is 0 Å². The molecular weight excluding hydrogens is 402 g/mol. The standard InChI is InChI=1S/C18H24ClN5O3S/c1-6-28(25,26)12(3)7-11(2)27-17-14-9-21-16(19)8-13(14)15(10-22-17)18(4,5)23-24-20/h8-12H,6-7H2,1-5H3/t11-,12-/m1/s1. The molecule has 0 bridgehead atoms. The summed E-state index contributed by atoms with van der Waals surface area (Å²) in [6, 6.07) is 1.67. The third-order valence-corrected chi connectivity index (χ3v) is 7.08. The Balaban J connectivity index is 2.43. The smallest absolute Gasteiger partial charge is 0.223 e. The zero-order chi connectivity index (χ0) is 21.1. The van der Waals surface area contributed by atoms with Gasteiger partial charge in [0.2, 0.25) is 5.88 Å². The molecule has 2 aromatic heterocycles. The molecule has 0 aliphatic rings. The number of fused-ring (bicyclic) bond motifs is 1. The minimum Gasteiger partial charge on any atom is -0.474 e. The highest BCUT2D eigenvalue weighted by atomic mass is 35.5. The van der Waals surface area contributed by atoms with Gasteiger partial charge in [-0.3, -0.25) is 0 Å². The van der Waals surface area contributed by atoms with E-state index in [1.165, 1.54) is 0 Å². The minimum atomic E-state index is -3.14. The summed E-state index contributed by atoms with van der Waals surface area (Å²) >= 11 is 6.07. The van der Waals surface area contributed by atoms with E-state index < -0.39 is 20.6 Å². The van der Waals surface area contributed by atoms with Crippen molar-refractivity contribution in [3.05, 3.63) is 39.6 Å². The molecule has 0 aromatic carbocycles. The number of hydrogen-bond acceptors (Lipinski definition) is 6. The van der Waals surface area contributed by atoms with Gasteiger partial charge in [-0.2, -0.15) is 0 Å². The largest absolute Gasteiger partial charge is 0.474 e. The van der Waals surface area contributed by atoms with Crippen molar-refractivity contribution in [1.29, 1.82) is 0 Å². The zero-order valence-electron chi connectivity index (χ0n) is 16.5. The molecule has 0 spiro atoms. The molecule has 0 aliphatic carbocycles. The second-order valence-electron chi connectivity index (χ2n) is 7.20. The van der Waals surface area contributed by atoms with E-state index in [0.717, 1.165) is 0 Å². The molecule has 0 aliphatic heterocycles. The maximum atomic E-state index is 12.0. The lowest BCUT2D eigenvalue weighted by molar-refractivity contribution is 0.205. The van der Waals surface area contributed by atoms with Gasteiger partial charge in [-0.15, -0.1) is 0 Å². The summed E-state index contributed by atoms with van der Waals surface area (Å²) in [5.74, 6) is 0.418. The van der Waals surface area contributed by atoms with E-state index >= 15 is 0 Å². The number of azide groups is 1. The number of aromatic nitrogens is 2. The van der Waals surface area contributed by atoms with Crippen LogP contribution in [0.2, 0.25) is 5.15 Å². The Bertz CT molecular complexity index is 1020. The van der Waals surface area contributed by atoms with Gasteiger partial charge in [-0.25, -0.2) is 18.4 Å². The van der Waals surface area contributed by atoms with Crippen molar-refractivity contribution < 1.29 is 13.2 Å². The molecule has 0 saturated carbocycles. The highest BCUT2D eigenvalue weighted by molar-refractivity contribution is 7.91. The van der Waals surface area contributed by atoms with Gasteiger partial charge in [0, 0.05) is 29.5 Å². The van der Waals surface area contributed by atoms with Gasteiger partial charge in [-0.05, 0) is 36.4 Å². The molecular formula is C18H24ClN5O3S. The first-order valence-electron chi connectivity index (χ1n) is 8.91. The third kappa shape index (κ3) is 4.84. The van der Waals surface area contributed by atoms with Crippen LogP contribution in [0.1, 0.15) is 46.6 Å². The topological polar surface area (TPSA) is 118 Å². The Morgan fingerprint density at radius 2 is 1.96 bits per heavy atom. The highest BCUT2D eigenvalue weighted by Gasteiger charge is 2.26. The predicted molar refractivity (Wildman–Crippen MR) is 110 cm³/mol. The van der Waals surface area contributed by atoms with Gasteiger partial charge in [0.1, 0.15) is 5.15 Å². The van der Waals surface area contributed by atoms with E-state index in [2.05, 4.69) is 20.0 Å². The Hall–Kier alpha value is -2.09. The maximum absolute atomic E-state index is 12.0. The van der Waals surface area contributed by atoms with Gasteiger partial charge in [-0.1, -0.05) is 37.5 Å². The van der Waals surface area contributed by atoms with E-state index in [1.807, 2.05) is 0 Å². The van der Waals surface area contributed by atoms with Crippen molar-refractivity contribution in [2.75, 3.05) is 5.75 Å². The van der Waals surface area contributed by atoms with E-state index in [9.17, 15) is 8.42 Å². The van der Waals surface area contributed by atoms with Gasteiger partial charge in [0.25, 0.3) is 0 Å². The van der Waals surface area contributed by atoms with E-state index in [1.54, 1.807) is 53.1 Å². The second-order valence-corrected chi connectivity index (χ2v) is 10.3. The lowest BCUT2D eigenvalue weighted by Crippen LogP contribution is -2.27. The number of pyridine rings is 2.